The zero-order chi connectivity index (χ0) is 19.7. The van der Waals surface area contributed by atoms with E-state index in [4.69, 9.17) is 4.99 Å². The number of hydrogen-bond acceptors (Lipinski definition) is 3. The van der Waals surface area contributed by atoms with E-state index in [1.165, 1.54) is 5.06 Å². The van der Waals surface area contributed by atoms with Crippen LogP contribution < -0.4 is 5.06 Å². The van der Waals surface area contributed by atoms with Gasteiger partial charge in [-0.2, -0.15) is 0 Å². The van der Waals surface area contributed by atoms with Crippen molar-refractivity contribution < 1.29 is 5.21 Å². The number of aliphatic imine (C=N–C) groups is 1. The maximum Gasteiger partial charge on any atom is 0.159 e. The molecule has 0 bridgehead atoms. The van der Waals surface area contributed by atoms with Gasteiger partial charge >= 0.3 is 0 Å². The fraction of sp³-hybridized carbons (Fsp3) is 0.0385. The minimum atomic E-state index is -0.942. The number of fused-ring (bicyclic) bond motifs is 1. The standard InChI is InChI=1S/C26H20N2O/c29-28-24-19-11-10-18-23(24)25(27-22-16-8-3-9-17-22)26(28,20-12-4-1-5-13-20)21-14-6-2-7-15-21/h1-19,29H/b27-25+. The molecule has 0 amide bonds. The van der Waals surface area contributed by atoms with Crippen molar-refractivity contribution in [1.82, 2.24) is 0 Å². The van der Waals surface area contributed by atoms with Crippen molar-refractivity contribution in [2.75, 3.05) is 5.06 Å². The van der Waals surface area contributed by atoms with Gasteiger partial charge in [0.2, 0.25) is 0 Å². The van der Waals surface area contributed by atoms with Gasteiger partial charge in [0.15, 0.2) is 5.54 Å². The van der Waals surface area contributed by atoms with E-state index < -0.39 is 5.54 Å². The van der Waals surface area contributed by atoms with Gasteiger partial charge in [-0.05, 0) is 29.3 Å². The molecule has 0 aromatic heterocycles. The van der Waals surface area contributed by atoms with Crippen molar-refractivity contribution in [3.8, 4) is 0 Å². The summed E-state index contributed by atoms with van der Waals surface area (Å²) < 4.78 is 0. The van der Waals surface area contributed by atoms with Crippen LogP contribution in [0.1, 0.15) is 16.7 Å². The summed E-state index contributed by atoms with van der Waals surface area (Å²) >= 11 is 0. The lowest BCUT2D eigenvalue weighted by Gasteiger charge is -2.37. The Morgan fingerprint density at radius 1 is 0.586 bits per heavy atom. The molecule has 5 rings (SSSR count). The number of rotatable bonds is 3. The summed E-state index contributed by atoms with van der Waals surface area (Å²) in [4.78, 5) is 5.07. The van der Waals surface area contributed by atoms with Crippen molar-refractivity contribution in [1.29, 1.82) is 0 Å². The molecule has 0 fully saturated rings. The highest BCUT2D eigenvalue weighted by atomic mass is 16.5. The molecule has 0 aliphatic carbocycles. The number of hydrogen-bond donors (Lipinski definition) is 1. The molecule has 0 atom stereocenters. The molecule has 0 spiro atoms. The largest absolute Gasteiger partial charge is 0.287 e. The van der Waals surface area contributed by atoms with Crippen molar-refractivity contribution in [3.63, 3.8) is 0 Å². The number of hydroxylamine groups is 1. The third-order valence-electron chi connectivity index (χ3n) is 5.43. The highest BCUT2D eigenvalue weighted by molar-refractivity contribution is 6.19. The maximum absolute atomic E-state index is 11.6. The molecule has 1 aliphatic rings. The van der Waals surface area contributed by atoms with Gasteiger partial charge in [0.1, 0.15) is 0 Å². The Morgan fingerprint density at radius 3 is 1.66 bits per heavy atom. The first-order chi connectivity index (χ1) is 14.3. The summed E-state index contributed by atoms with van der Waals surface area (Å²) in [6, 6.07) is 37.9. The second-order valence-electron chi connectivity index (χ2n) is 7.07. The summed E-state index contributed by atoms with van der Waals surface area (Å²) in [6.07, 6.45) is 0. The average molecular weight is 376 g/mol. The topological polar surface area (TPSA) is 35.8 Å². The smallest absolute Gasteiger partial charge is 0.159 e. The molecule has 140 valence electrons. The van der Waals surface area contributed by atoms with Crippen LogP contribution in [0.25, 0.3) is 0 Å². The first-order valence-corrected chi connectivity index (χ1v) is 9.65. The van der Waals surface area contributed by atoms with E-state index in [0.29, 0.717) is 0 Å². The van der Waals surface area contributed by atoms with Gasteiger partial charge in [0.25, 0.3) is 0 Å². The van der Waals surface area contributed by atoms with Crippen LogP contribution >= 0.6 is 0 Å². The molecule has 3 nitrogen and oxygen atoms in total. The molecule has 1 heterocycles. The molecule has 0 radical (unpaired) electrons. The van der Waals surface area contributed by atoms with Crippen LogP contribution in [0, 0.1) is 0 Å². The van der Waals surface area contributed by atoms with Crippen molar-refractivity contribution in [2.24, 2.45) is 4.99 Å². The van der Waals surface area contributed by atoms with Crippen LogP contribution in [-0.4, -0.2) is 10.9 Å². The molecule has 0 saturated heterocycles. The first-order valence-electron chi connectivity index (χ1n) is 9.65. The van der Waals surface area contributed by atoms with Crippen molar-refractivity contribution in [3.05, 3.63) is 132 Å². The van der Waals surface area contributed by atoms with Gasteiger partial charge < -0.3 is 0 Å². The van der Waals surface area contributed by atoms with Gasteiger partial charge in [-0.25, -0.2) is 10.1 Å². The fourth-order valence-corrected chi connectivity index (χ4v) is 4.15. The van der Waals surface area contributed by atoms with Gasteiger partial charge in [-0.15, -0.1) is 0 Å². The molecule has 1 aliphatic heterocycles. The Hall–Kier alpha value is -3.69. The van der Waals surface area contributed by atoms with Crippen LogP contribution in [0.3, 0.4) is 0 Å². The lowest BCUT2D eigenvalue weighted by atomic mass is 9.78. The minimum absolute atomic E-state index is 0.745. The third kappa shape index (κ3) is 2.67. The Balaban J connectivity index is 1.89. The van der Waals surface area contributed by atoms with E-state index in [0.717, 1.165) is 33.8 Å². The highest BCUT2D eigenvalue weighted by Crippen LogP contribution is 2.49. The van der Waals surface area contributed by atoms with Crippen LogP contribution in [0.2, 0.25) is 0 Å². The van der Waals surface area contributed by atoms with Crippen molar-refractivity contribution in [2.45, 2.75) is 5.54 Å². The van der Waals surface area contributed by atoms with Crippen molar-refractivity contribution >= 4 is 17.1 Å². The number of benzene rings is 4. The maximum atomic E-state index is 11.6. The number of anilines is 1. The van der Waals surface area contributed by atoms with Gasteiger partial charge in [-0.3, -0.25) is 5.21 Å². The van der Waals surface area contributed by atoms with E-state index >= 15 is 0 Å². The summed E-state index contributed by atoms with van der Waals surface area (Å²) in [5.41, 5.74) is 4.30. The van der Waals surface area contributed by atoms with Crippen LogP contribution in [0.15, 0.2) is 120 Å². The molecule has 1 N–H and O–H groups in total. The summed E-state index contributed by atoms with van der Waals surface area (Å²) in [5.74, 6) is 0. The van der Waals surface area contributed by atoms with E-state index in [2.05, 4.69) is 0 Å². The Labute approximate surface area is 170 Å². The molecule has 0 unspecified atom stereocenters. The summed E-state index contributed by atoms with van der Waals surface area (Å²) in [6.45, 7) is 0. The van der Waals surface area contributed by atoms with E-state index in [9.17, 15) is 5.21 Å². The highest BCUT2D eigenvalue weighted by Gasteiger charge is 2.52. The lowest BCUT2D eigenvalue weighted by molar-refractivity contribution is 0.213. The summed E-state index contributed by atoms with van der Waals surface area (Å²) in [7, 11) is 0. The molecular weight excluding hydrogens is 356 g/mol. The molecule has 3 heteroatoms. The Morgan fingerprint density at radius 2 is 1.07 bits per heavy atom. The average Bonchev–Trinajstić information content (AvgIpc) is 3.05. The molecular formula is C26H20N2O. The second-order valence-corrected chi connectivity index (χ2v) is 7.07. The fourth-order valence-electron chi connectivity index (χ4n) is 4.15. The molecule has 0 saturated carbocycles. The van der Waals surface area contributed by atoms with Crippen LogP contribution in [0.4, 0.5) is 11.4 Å². The quantitative estimate of drug-likeness (QED) is 0.479. The SMILES string of the molecule is ON1c2ccccc2/C(=N\c2ccccc2)C1(c1ccccc1)c1ccccc1. The monoisotopic (exact) mass is 376 g/mol. The van der Waals surface area contributed by atoms with Gasteiger partial charge in [0.05, 0.1) is 17.1 Å². The Bertz CT molecular complexity index is 1120. The van der Waals surface area contributed by atoms with Crippen LogP contribution in [0.5, 0.6) is 0 Å². The molecule has 29 heavy (non-hydrogen) atoms. The van der Waals surface area contributed by atoms with E-state index in [1.54, 1.807) is 0 Å². The van der Waals surface area contributed by atoms with Gasteiger partial charge in [-0.1, -0.05) is 97.1 Å². The van der Waals surface area contributed by atoms with E-state index in [-0.39, 0.29) is 0 Å². The molecule has 4 aromatic carbocycles. The first kappa shape index (κ1) is 17.4. The predicted molar refractivity (Wildman–Crippen MR) is 117 cm³/mol. The summed E-state index contributed by atoms with van der Waals surface area (Å²) in [5, 5.41) is 13.0. The van der Waals surface area contributed by atoms with E-state index in [1.807, 2.05) is 115 Å². The molecule has 4 aromatic rings. The number of nitrogens with zero attached hydrogens (tertiary/aromatic N) is 2. The zero-order valence-corrected chi connectivity index (χ0v) is 15.8. The third-order valence-corrected chi connectivity index (χ3v) is 5.43. The lowest BCUT2D eigenvalue weighted by Crippen LogP contribution is -2.47. The Kier molecular flexibility index (Phi) is 4.23. The number of para-hydroxylation sites is 2. The normalized spacial score (nSPS) is 16.0. The zero-order valence-electron chi connectivity index (χ0n) is 15.8. The predicted octanol–water partition coefficient (Wildman–Crippen LogP) is 5.96. The van der Waals surface area contributed by atoms with Gasteiger partial charge in [0, 0.05) is 5.56 Å². The minimum Gasteiger partial charge on any atom is -0.287 e. The van der Waals surface area contributed by atoms with Crippen LogP contribution in [-0.2, 0) is 5.54 Å². The second kappa shape index (κ2) is 7.04.